The van der Waals surface area contributed by atoms with E-state index in [0.717, 1.165) is 0 Å². The number of rotatable bonds is 0. The van der Waals surface area contributed by atoms with Gasteiger partial charge < -0.3 is 0 Å². The van der Waals surface area contributed by atoms with E-state index in [4.69, 9.17) is 0 Å². The lowest BCUT2D eigenvalue weighted by atomic mass is 10.8. The van der Waals surface area contributed by atoms with E-state index >= 15 is 0 Å². The molecule has 0 aromatic rings. The maximum Gasteiger partial charge on any atom is 0.0708 e. The van der Waals surface area contributed by atoms with Gasteiger partial charge >= 0.3 is 0 Å². The molecule has 2 aliphatic rings. The van der Waals surface area contributed by atoms with E-state index in [1.807, 2.05) is 47.0 Å². The first-order valence-corrected chi connectivity index (χ1v) is 9.18. The molecule has 0 radical (unpaired) electrons. The van der Waals surface area contributed by atoms with Crippen molar-refractivity contribution in [2.24, 2.45) is 0 Å². The van der Waals surface area contributed by atoms with Crippen molar-refractivity contribution in [3.63, 3.8) is 0 Å². The molecule has 2 heterocycles. The van der Waals surface area contributed by atoms with E-state index in [1.165, 1.54) is 24.1 Å². The van der Waals surface area contributed by atoms with Gasteiger partial charge in [-0.2, -0.15) is 0 Å². The molecule has 0 unspecified atom stereocenters. The van der Waals surface area contributed by atoms with Crippen molar-refractivity contribution in [3.8, 4) is 0 Å². The topological polar surface area (TPSA) is 0 Å². The van der Waals surface area contributed by atoms with Crippen molar-refractivity contribution < 1.29 is 0 Å². The Morgan fingerprint density at radius 3 is 1.29 bits per heavy atom. The molecule has 0 spiro atoms. The molecule has 0 nitrogen and oxygen atoms in total. The van der Waals surface area contributed by atoms with E-state index in [2.05, 4.69) is 59.0 Å². The molecular weight excluding hydrogens is 478 g/mol. The average molecular weight is 484 g/mol. The molecule has 0 aromatic carbocycles. The monoisotopic (exact) mass is 484 g/mol. The van der Waals surface area contributed by atoms with Crippen molar-refractivity contribution in [3.05, 3.63) is 24.1 Å². The third-order valence-electron chi connectivity index (χ3n) is 1.58. The van der Waals surface area contributed by atoms with Crippen molar-refractivity contribution in [1.29, 1.82) is 0 Å². The second kappa shape index (κ2) is 5.16. The smallest absolute Gasteiger partial charge is 0.0708 e. The zero-order valence-electron chi connectivity index (χ0n) is 7.39. The van der Waals surface area contributed by atoms with Crippen LogP contribution in [0.5, 0.6) is 0 Å². The van der Waals surface area contributed by atoms with Crippen LogP contribution in [0.1, 0.15) is 13.8 Å². The highest BCUT2D eigenvalue weighted by atomic mass is 127. The SMILES string of the molecule is CC1=C(I)S/C(=C2/SC(C)=C(I)S2)S1. The summed E-state index contributed by atoms with van der Waals surface area (Å²) in [5.74, 6) is 0. The van der Waals surface area contributed by atoms with Crippen LogP contribution in [0.3, 0.4) is 0 Å². The molecule has 0 bridgehead atoms. The Kier molecular flexibility index (Phi) is 4.62. The van der Waals surface area contributed by atoms with Crippen LogP contribution in [0.2, 0.25) is 0 Å². The fourth-order valence-electron chi connectivity index (χ4n) is 0.873. The lowest BCUT2D eigenvalue weighted by Crippen LogP contribution is -1.66. The summed E-state index contributed by atoms with van der Waals surface area (Å²) in [7, 11) is 0. The Hall–Kier alpha value is 2.08. The summed E-state index contributed by atoms with van der Waals surface area (Å²) in [6.45, 7) is 4.39. The number of hydrogen-bond donors (Lipinski definition) is 0. The van der Waals surface area contributed by atoms with E-state index in [9.17, 15) is 0 Å². The lowest BCUT2D eigenvalue weighted by molar-refractivity contribution is 1.72. The fourth-order valence-corrected chi connectivity index (χ4v) is 8.50. The quantitative estimate of drug-likeness (QED) is 0.369. The Balaban J connectivity index is 2.17. The first-order valence-electron chi connectivity index (χ1n) is 3.76. The van der Waals surface area contributed by atoms with E-state index < -0.39 is 0 Å². The van der Waals surface area contributed by atoms with Gasteiger partial charge in [-0.05, 0) is 59.0 Å². The minimum atomic E-state index is 1.43. The highest BCUT2D eigenvalue weighted by Crippen LogP contribution is 2.61. The minimum Gasteiger partial charge on any atom is -0.0840 e. The van der Waals surface area contributed by atoms with Gasteiger partial charge in [-0.3, -0.25) is 0 Å². The number of halogens is 2. The maximum atomic E-state index is 2.42. The molecule has 0 saturated carbocycles. The molecule has 0 amide bonds. The van der Waals surface area contributed by atoms with E-state index in [1.54, 1.807) is 0 Å². The number of thioether (sulfide) groups is 4. The normalized spacial score (nSPS) is 28.3. The Morgan fingerprint density at radius 2 is 1.07 bits per heavy atom. The van der Waals surface area contributed by atoms with Gasteiger partial charge in [0, 0.05) is 9.81 Å². The van der Waals surface area contributed by atoms with Crippen molar-refractivity contribution in [1.82, 2.24) is 0 Å². The lowest BCUT2D eigenvalue weighted by Gasteiger charge is -2.00. The van der Waals surface area contributed by atoms with Gasteiger partial charge in [0.15, 0.2) is 0 Å². The third-order valence-corrected chi connectivity index (χ3v) is 10.6. The summed E-state index contributed by atoms with van der Waals surface area (Å²) in [5, 5.41) is 0. The van der Waals surface area contributed by atoms with Gasteiger partial charge in [0.25, 0.3) is 0 Å². The summed E-state index contributed by atoms with van der Waals surface area (Å²) in [4.78, 5) is 2.89. The van der Waals surface area contributed by atoms with Crippen molar-refractivity contribution >= 4 is 92.2 Å². The van der Waals surface area contributed by atoms with Crippen LogP contribution in [-0.4, -0.2) is 0 Å². The minimum absolute atomic E-state index is 1.43. The van der Waals surface area contributed by atoms with Gasteiger partial charge in [-0.25, -0.2) is 0 Å². The second-order valence-corrected chi connectivity index (χ2v) is 11.3. The molecule has 0 fully saturated rings. The summed E-state index contributed by atoms with van der Waals surface area (Å²) in [6.07, 6.45) is 0. The van der Waals surface area contributed by atoms with Crippen LogP contribution in [-0.2, 0) is 0 Å². The van der Waals surface area contributed by atoms with Crippen LogP contribution < -0.4 is 0 Å². The first-order chi connectivity index (χ1) is 6.58. The molecule has 0 N–H and O–H groups in total. The Morgan fingerprint density at radius 1 is 0.714 bits per heavy atom. The average Bonchev–Trinajstić information content (AvgIpc) is 2.60. The standard InChI is InChI=1S/C8H6I2S4/c1-3-5(9)13-7(11-3)8-12-4(2)6(10)14-8/h1-2H3/b8-7-. The van der Waals surface area contributed by atoms with Crippen molar-refractivity contribution in [2.45, 2.75) is 13.8 Å². The summed E-state index contributed by atoms with van der Waals surface area (Å²) < 4.78 is 5.78. The molecule has 6 heteroatoms. The first kappa shape index (κ1) is 12.5. The maximum absolute atomic E-state index is 2.42. The summed E-state index contributed by atoms with van der Waals surface area (Å²) in [5.41, 5.74) is 0. The highest BCUT2D eigenvalue weighted by molar-refractivity contribution is 14.1. The van der Waals surface area contributed by atoms with Crippen LogP contribution in [0.15, 0.2) is 24.1 Å². The van der Waals surface area contributed by atoms with Crippen LogP contribution in [0.25, 0.3) is 0 Å². The van der Waals surface area contributed by atoms with E-state index in [-0.39, 0.29) is 0 Å². The van der Waals surface area contributed by atoms with Crippen LogP contribution in [0.4, 0.5) is 0 Å². The van der Waals surface area contributed by atoms with Gasteiger partial charge in [0.1, 0.15) is 0 Å². The predicted molar refractivity (Wildman–Crippen MR) is 90.8 cm³/mol. The van der Waals surface area contributed by atoms with E-state index in [0.29, 0.717) is 0 Å². The summed E-state index contributed by atoms with van der Waals surface area (Å²) in [6, 6.07) is 0. The fraction of sp³-hybridized carbons (Fsp3) is 0.250. The molecule has 0 aromatic heterocycles. The number of hydrogen-bond acceptors (Lipinski definition) is 4. The molecule has 2 aliphatic heterocycles. The molecule has 0 aliphatic carbocycles. The van der Waals surface area contributed by atoms with Gasteiger partial charge in [0.05, 0.1) is 14.3 Å². The zero-order valence-corrected chi connectivity index (χ0v) is 15.0. The van der Waals surface area contributed by atoms with Crippen LogP contribution >= 0.6 is 92.2 Å². The molecule has 0 saturated heterocycles. The molecule has 0 atom stereocenters. The molecular formula is C8H6I2S4. The summed E-state index contributed by atoms with van der Waals surface area (Å²) >= 11 is 12.5. The number of allylic oxidation sites excluding steroid dienone is 2. The van der Waals surface area contributed by atoms with Gasteiger partial charge in [-0.1, -0.05) is 47.0 Å². The highest BCUT2D eigenvalue weighted by Gasteiger charge is 2.25. The molecule has 14 heavy (non-hydrogen) atoms. The third kappa shape index (κ3) is 2.66. The second-order valence-electron chi connectivity index (χ2n) is 2.64. The Bertz CT molecular complexity index is 313. The van der Waals surface area contributed by atoms with Gasteiger partial charge in [0.2, 0.25) is 0 Å². The van der Waals surface area contributed by atoms with Crippen LogP contribution in [0, 0.1) is 0 Å². The predicted octanol–water partition coefficient (Wildman–Crippen LogP) is 6.32. The van der Waals surface area contributed by atoms with Crippen molar-refractivity contribution in [2.75, 3.05) is 0 Å². The van der Waals surface area contributed by atoms with Gasteiger partial charge in [-0.15, -0.1) is 0 Å². The molecule has 76 valence electrons. The Labute approximate surface area is 128 Å². The largest absolute Gasteiger partial charge is 0.0840 e. The molecule has 2 rings (SSSR count). The zero-order chi connectivity index (χ0) is 10.3.